The topological polar surface area (TPSA) is 89.7 Å². The molecule has 0 spiro atoms. The lowest BCUT2D eigenvalue weighted by molar-refractivity contribution is -0.386. The molecule has 0 saturated heterocycles. The lowest BCUT2D eigenvalue weighted by atomic mass is 10.1. The maximum atomic E-state index is 11.0. The Bertz CT molecular complexity index is 534. The summed E-state index contributed by atoms with van der Waals surface area (Å²) in [4.78, 5) is 20.9. The van der Waals surface area contributed by atoms with Gasteiger partial charge in [0.2, 0.25) is 5.75 Å². The van der Waals surface area contributed by atoms with E-state index in [0.29, 0.717) is 12.0 Å². The van der Waals surface area contributed by atoms with Crippen LogP contribution >= 0.6 is 0 Å². The fourth-order valence-corrected chi connectivity index (χ4v) is 1.50. The van der Waals surface area contributed by atoms with Crippen molar-refractivity contribution in [2.75, 3.05) is 0 Å². The van der Waals surface area contributed by atoms with E-state index in [1.165, 1.54) is 12.1 Å². The zero-order valence-electron chi connectivity index (χ0n) is 10.3. The number of carbonyl (C=O) groups is 1. The molecule has 6 heteroatoms. The van der Waals surface area contributed by atoms with E-state index in [-0.39, 0.29) is 11.4 Å². The first kappa shape index (κ1) is 14.4. The molecule has 0 aliphatic heterocycles. The predicted molar refractivity (Wildman–Crippen MR) is 69.4 cm³/mol. The summed E-state index contributed by atoms with van der Waals surface area (Å²) in [5.74, 6) is -0.269. The van der Waals surface area contributed by atoms with Crippen molar-refractivity contribution in [3.63, 3.8) is 0 Å². The minimum Gasteiger partial charge on any atom is -0.449 e. The SMILES string of the molecule is CC=CC=CCc1cccc(OC(=O)O)c1[N+](=O)[O-]. The minimum atomic E-state index is -1.58. The monoisotopic (exact) mass is 263 g/mol. The van der Waals surface area contributed by atoms with Crippen molar-refractivity contribution in [3.05, 3.63) is 58.2 Å². The first-order valence-electron chi connectivity index (χ1n) is 5.51. The number of para-hydroxylation sites is 1. The Hall–Kier alpha value is -2.63. The molecular formula is C13H13NO5. The maximum absolute atomic E-state index is 11.0. The van der Waals surface area contributed by atoms with E-state index >= 15 is 0 Å². The number of hydrogen-bond donors (Lipinski definition) is 1. The molecular weight excluding hydrogens is 250 g/mol. The molecule has 1 aromatic rings. The highest BCUT2D eigenvalue weighted by Gasteiger charge is 2.21. The van der Waals surface area contributed by atoms with Gasteiger partial charge in [-0.05, 0) is 19.4 Å². The van der Waals surface area contributed by atoms with Gasteiger partial charge >= 0.3 is 11.8 Å². The summed E-state index contributed by atoms with van der Waals surface area (Å²) >= 11 is 0. The lowest BCUT2D eigenvalue weighted by Crippen LogP contribution is -2.06. The van der Waals surface area contributed by atoms with Gasteiger partial charge in [0.05, 0.1) is 4.92 Å². The predicted octanol–water partition coefficient (Wildman–Crippen LogP) is 3.33. The molecule has 100 valence electrons. The van der Waals surface area contributed by atoms with Crippen LogP contribution in [0.25, 0.3) is 0 Å². The number of nitrogens with zero attached hydrogens (tertiary/aromatic N) is 1. The second kappa shape index (κ2) is 6.95. The average Bonchev–Trinajstić information content (AvgIpc) is 2.33. The van der Waals surface area contributed by atoms with Crippen LogP contribution in [-0.4, -0.2) is 16.2 Å². The van der Waals surface area contributed by atoms with Crippen LogP contribution in [0, 0.1) is 10.1 Å². The number of carboxylic acid groups (broad SMARTS) is 1. The van der Waals surface area contributed by atoms with Crippen molar-refractivity contribution in [1.82, 2.24) is 0 Å². The van der Waals surface area contributed by atoms with E-state index in [4.69, 9.17) is 5.11 Å². The summed E-state index contributed by atoms with van der Waals surface area (Å²) in [6.07, 6.45) is 5.86. The summed E-state index contributed by atoms with van der Waals surface area (Å²) in [6, 6.07) is 4.34. The van der Waals surface area contributed by atoms with Gasteiger partial charge in [0.1, 0.15) is 0 Å². The molecule has 0 unspecified atom stereocenters. The van der Waals surface area contributed by atoms with Crippen LogP contribution in [0.15, 0.2) is 42.5 Å². The third-order valence-corrected chi connectivity index (χ3v) is 2.24. The van der Waals surface area contributed by atoms with E-state index in [9.17, 15) is 14.9 Å². The largest absolute Gasteiger partial charge is 0.511 e. The molecule has 6 nitrogen and oxygen atoms in total. The Labute approximate surface area is 109 Å². The number of hydrogen-bond acceptors (Lipinski definition) is 4. The molecule has 1 aromatic carbocycles. The summed E-state index contributed by atoms with van der Waals surface area (Å²) in [5.41, 5.74) is 0.0690. The second-order valence-electron chi connectivity index (χ2n) is 3.55. The highest BCUT2D eigenvalue weighted by molar-refractivity contribution is 5.65. The Morgan fingerprint density at radius 2 is 2.21 bits per heavy atom. The van der Waals surface area contributed by atoms with Crippen LogP contribution in [-0.2, 0) is 6.42 Å². The quantitative estimate of drug-likeness (QED) is 0.289. The molecule has 0 aliphatic carbocycles. The van der Waals surface area contributed by atoms with Gasteiger partial charge in [-0.25, -0.2) is 4.79 Å². The van der Waals surface area contributed by atoms with Crippen molar-refractivity contribution >= 4 is 11.8 Å². The third-order valence-electron chi connectivity index (χ3n) is 2.24. The first-order chi connectivity index (χ1) is 9.06. The van der Waals surface area contributed by atoms with E-state index in [1.807, 2.05) is 13.0 Å². The van der Waals surface area contributed by atoms with Crippen LogP contribution in [0.2, 0.25) is 0 Å². The molecule has 1 N–H and O–H groups in total. The zero-order valence-corrected chi connectivity index (χ0v) is 10.3. The highest BCUT2D eigenvalue weighted by atomic mass is 16.7. The van der Waals surface area contributed by atoms with Crippen molar-refractivity contribution in [1.29, 1.82) is 0 Å². The van der Waals surface area contributed by atoms with Gasteiger partial charge < -0.3 is 9.84 Å². The molecule has 19 heavy (non-hydrogen) atoms. The van der Waals surface area contributed by atoms with E-state index in [0.717, 1.165) is 0 Å². The number of benzene rings is 1. The van der Waals surface area contributed by atoms with Crippen molar-refractivity contribution < 1.29 is 19.6 Å². The first-order valence-corrected chi connectivity index (χ1v) is 5.51. The van der Waals surface area contributed by atoms with Crippen LogP contribution in [0.4, 0.5) is 10.5 Å². The van der Waals surface area contributed by atoms with E-state index in [2.05, 4.69) is 4.74 Å². The van der Waals surface area contributed by atoms with Crippen molar-refractivity contribution in [2.24, 2.45) is 0 Å². The smallest absolute Gasteiger partial charge is 0.449 e. The molecule has 0 amide bonds. The van der Waals surface area contributed by atoms with Gasteiger partial charge in [-0.15, -0.1) is 0 Å². The highest BCUT2D eigenvalue weighted by Crippen LogP contribution is 2.31. The number of ether oxygens (including phenoxy) is 1. The van der Waals surface area contributed by atoms with Crippen LogP contribution in [0.1, 0.15) is 12.5 Å². The second-order valence-corrected chi connectivity index (χ2v) is 3.55. The van der Waals surface area contributed by atoms with Gasteiger partial charge in [-0.1, -0.05) is 36.4 Å². The Kier molecular flexibility index (Phi) is 5.28. The molecule has 0 saturated carbocycles. The fraction of sp³-hybridized carbons (Fsp3) is 0.154. The fourth-order valence-electron chi connectivity index (χ4n) is 1.50. The third kappa shape index (κ3) is 4.27. The van der Waals surface area contributed by atoms with E-state index < -0.39 is 11.1 Å². The van der Waals surface area contributed by atoms with Gasteiger partial charge in [0.25, 0.3) is 0 Å². The molecule has 0 aromatic heterocycles. The molecule has 0 bridgehead atoms. The number of rotatable bonds is 5. The van der Waals surface area contributed by atoms with Gasteiger partial charge in [0, 0.05) is 5.56 Å². The molecule has 0 atom stereocenters. The summed E-state index contributed by atoms with van der Waals surface area (Å²) in [5, 5.41) is 19.5. The Morgan fingerprint density at radius 3 is 2.79 bits per heavy atom. The maximum Gasteiger partial charge on any atom is 0.511 e. The van der Waals surface area contributed by atoms with Crippen molar-refractivity contribution in [2.45, 2.75) is 13.3 Å². The molecule has 0 fully saturated rings. The van der Waals surface area contributed by atoms with Crippen LogP contribution < -0.4 is 4.74 Å². The Morgan fingerprint density at radius 1 is 1.47 bits per heavy atom. The average molecular weight is 263 g/mol. The Balaban J connectivity index is 3.09. The number of nitro benzene ring substituents is 1. The molecule has 1 rings (SSSR count). The summed E-state index contributed by atoms with van der Waals surface area (Å²) in [7, 11) is 0. The minimum absolute atomic E-state index is 0.269. The number of allylic oxidation sites excluding steroid dienone is 4. The molecule has 0 aliphatic rings. The summed E-state index contributed by atoms with van der Waals surface area (Å²) < 4.78 is 4.41. The van der Waals surface area contributed by atoms with Gasteiger partial charge in [-0.2, -0.15) is 0 Å². The van der Waals surface area contributed by atoms with Crippen LogP contribution in [0.5, 0.6) is 5.75 Å². The van der Waals surface area contributed by atoms with Gasteiger partial charge in [-0.3, -0.25) is 10.1 Å². The molecule has 0 heterocycles. The summed E-state index contributed by atoms with van der Waals surface area (Å²) in [6.45, 7) is 1.86. The standard InChI is InChI=1S/C13H13NO5/c1-2-3-4-5-7-10-8-6-9-11(19-13(15)16)12(10)14(17)18/h2-6,8-9H,7H2,1H3,(H,15,16). The molecule has 0 radical (unpaired) electrons. The van der Waals surface area contributed by atoms with Gasteiger partial charge in [0.15, 0.2) is 0 Å². The van der Waals surface area contributed by atoms with E-state index in [1.54, 1.807) is 24.3 Å². The lowest BCUT2D eigenvalue weighted by Gasteiger charge is -2.04. The normalized spacial score (nSPS) is 11.0. The number of nitro groups is 1. The van der Waals surface area contributed by atoms with Crippen molar-refractivity contribution in [3.8, 4) is 5.75 Å². The van der Waals surface area contributed by atoms with Crippen LogP contribution in [0.3, 0.4) is 0 Å². The zero-order chi connectivity index (χ0) is 14.3.